The summed E-state index contributed by atoms with van der Waals surface area (Å²) < 4.78 is 0. The largest absolute Gasteiger partial charge is 0.396 e. The van der Waals surface area contributed by atoms with Crippen molar-refractivity contribution in [2.75, 3.05) is 19.7 Å². The van der Waals surface area contributed by atoms with Crippen molar-refractivity contribution >= 4 is 5.91 Å². The minimum atomic E-state index is -0.357. The summed E-state index contributed by atoms with van der Waals surface area (Å²) in [5.41, 5.74) is 5.70. The Morgan fingerprint density at radius 2 is 2.31 bits per heavy atom. The van der Waals surface area contributed by atoms with Gasteiger partial charge >= 0.3 is 0 Å². The molecule has 3 atom stereocenters. The number of hydrogen-bond donors (Lipinski definition) is 2. The summed E-state index contributed by atoms with van der Waals surface area (Å²) in [5, 5.41) is 9.08. The lowest BCUT2D eigenvalue weighted by molar-refractivity contribution is -0.140. The third kappa shape index (κ3) is 1.84. The molecule has 0 aromatic carbocycles. The number of nitrogens with two attached hydrogens (primary N) is 1. The van der Waals surface area contributed by atoms with Gasteiger partial charge < -0.3 is 15.7 Å². The van der Waals surface area contributed by atoms with Gasteiger partial charge in [0.2, 0.25) is 5.91 Å². The smallest absolute Gasteiger partial charge is 0.230 e. The third-order valence-corrected chi connectivity index (χ3v) is 4.35. The number of likely N-dealkylation sites (tertiary alicyclic amines) is 1. The molecule has 1 aliphatic heterocycles. The molecule has 0 aromatic heterocycles. The molecule has 1 amide bonds. The number of rotatable bonds is 2. The quantitative estimate of drug-likeness (QED) is 0.714. The van der Waals surface area contributed by atoms with Crippen LogP contribution in [0.2, 0.25) is 0 Å². The van der Waals surface area contributed by atoms with Crippen LogP contribution in [0.1, 0.15) is 32.6 Å². The molecule has 1 saturated carbocycles. The van der Waals surface area contributed by atoms with E-state index in [9.17, 15) is 4.79 Å². The molecule has 1 heterocycles. The van der Waals surface area contributed by atoms with E-state index in [0.717, 1.165) is 32.2 Å². The van der Waals surface area contributed by atoms with Crippen molar-refractivity contribution in [3.63, 3.8) is 0 Å². The first-order valence-corrected chi connectivity index (χ1v) is 6.23. The summed E-state index contributed by atoms with van der Waals surface area (Å²) in [6, 6.07) is 0.00757. The predicted octanol–water partition coefficient (Wildman–Crippen LogP) is 0.345. The number of carbonyl (C=O) groups excluding carboxylic acids is 1. The normalized spacial score (nSPS) is 39.3. The topological polar surface area (TPSA) is 66.6 Å². The predicted molar refractivity (Wildman–Crippen MR) is 61.7 cm³/mol. The summed E-state index contributed by atoms with van der Waals surface area (Å²) in [5.74, 6) is 0.471. The van der Waals surface area contributed by atoms with Gasteiger partial charge in [0.1, 0.15) is 0 Å². The van der Waals surface area contributed by atoms with Gasteiger partial charge in [0, 0.05) is 31.7 Å². The van der Waals surface area contributed by atoms with Crippen LogP contribution >= 0.6 is 0 Å². The zero-order chi connectivity index (χ0) is 11.8. The summed E-state index contributed by atoms with van der Waals surface area (Å²) in [7, 11) is 0. The minimum Gasteiger partial charge on any atom is -0.396 e. The SMILES string of the molecule is CC1(C(=O)N2CCC(CO)C2)CCCC1N. The van der Waals surface area contributed by atoms with Crippen molar-refractivity contribution in [3.8, 4) is 0 Å². The zero-order valence-electron chi connectivity index (χ0n) is 9.98. The van der Waals surface area contributed by atoms with Gasteiger partial charge in [-0.2, -0.15) is 0 Å². The van der Waals surface area contributed by atoms with Gasteiger partial charge in [-0.05, 0) is 26.2 Å². The highest BCUT2D eigenvalue weighted by Crippen LogP contribution is 2.39. The van der Waals surface area contributed by atoms with Crippen LogP contribution in [0, 0.1) is 11.3 Å². The molecule has 0 radical (unpaired) electrons. The first-order chi connectivity index (χ1) is 7.58. The van der Waals surface area contributed by atoms with Gasteiger partial charge in [-0.1, -0.05) is 6.42 Å². The Bertz CT molecular complexity index is 282. The maximum absolute atomic E-state index is 12.4. The fourth-order valence-electron chi connectivity index (χ4n) is 2.99. The van der Waals surface area contributed by atoms with Crippen LogP contribution in [0.4, 0.5) is 0 Å². The number of aliphatic hydroxyl groups is 1. The fraction of sp³-hybridized carbons (Fsp3) is 0.917. The van der Waals surface area contributed by atoms with Crippen molar-refractivity contribution in [2.45, 2.75) is 38.6 Å². The summed E-state index contributed by atoms with van der Waals surface area (Å²) in [6.45, 7) is 3.68. The molecule has 3 unspecified atom stereocenters. The van der Waals surface area contributed by atoms with Crippen LogP contribution < -0.4 is 5.73 Å². The molecular formula is C12H22N2O2. The van der Waals surface area contributed by atoms with E-state index < -0.39 is 0 Å². The second-order valence-electron chi connectivity index (χ2n) is 5.50. The zero-order valence-corrected chi connectivity index (χ0v) is 9.98. The number of aliphatic hydroxyl groups excluding tert-OH is 1. The van der Waals surface area contributed by atoms with Crippen molar-refractivity contribution in [1.82, 2.24) is 4.90 Å². The number of amides is 1. The second-order valence-corrected chi connectivity index (χ2v) is 5.50. The number of hydrogen-bond acceptors (Lipinski definition) is 3. The Hall–Kier alpha value is -0.610. The Morgan fingerprint density at radius 3 is 2.81 bits per heavy atom. The molecule has 4 heteroatoms. The van der Waals surface area contributed by atoms with Gasteiger partial charge in [0.25, 0.3) is 0 Å². The third-order valence-electron chi connectivity index (χ3n) is 4.35. The molecule has 2 rings (SSSR count). The highest BCUT2D eigenvalue weighted by Gasteiger charge is 2.46. The summed E-state index contributed by atoms with van der Waals surface area (Å²) in [6.07, 6.45) is 3.85. The molecule has 0 aromatic rings. The van der Waals surface area contributed by atoms with Gasteiger partial charge in [-0.25, -0.2) is 0 Å². The number of nitrogens with zero attached hydrogens (tertiary/aromatic N) is 1. The molecule has 3 N–H and O–H groups in total. The molecule has 16 heavy (non-hydrogen) atoms. The van der Waals surface area contributed by atoms with E-state index in [-0.39, 0.29) is 29.9 Å². The van der Waals surface area contributed by atoms with Crippen LogP contribution in [0.3, 0.4) is 0 Å². The monoisotopic (exact) mass is 226 g/mol. The van der Waals surface area contributed by atoms with Crippen molar-refractivity contribution in [3.05, 3.63) is 0 Å². The molecule has 4 nitrogen and oxygen atoms in total. The first kappa shape index (κ1) is 11.9. The Morgan fingerprint density at radius 1 is 1.56 bits per heavy atom. The maximum Gasteiger partial charge on any atom is 0.230 e. The minimum absolute atomic E-state index is 0.00757. The molecule has 0 bridgehead atoms. The first-order valence-electron chi connectivity index (χ1n) is 6.23. The fourth-order valence-corrected chi connectivity index (χ4v) is 2.99. The van der Waals surface area contributed by atoms with E-state index in [1.54, 1.807) is 0 Å². The van der Waals surface area contributed by atoms with Crippen molar-refractivity contribution in [1.29, 1.82) is 0 Å². The maximum atomic E-state index is 12.4. The Kier molecular flexibility index (Phi) is 3.22. The average Bonchev–Trinajstić information content (AvgIpc) is 2.86. The standard InChI is InChI=1S/C12H22N2O2/c1-12(5-2-3-10(12)13)11(16)14-6-4-9(7-14)8-15/h9-10,15H,2-8,13H2,1H3. The lowest BCUT2D eigenvalue weighted by atomic mass is 9.83. The van der Waals surface area contributed by atoms with Crippen LogP contribution in [-0.4, -0.2) is 41.7 Å². The van der Waals surface area contributed by atoms with Gasteiger partial charge in [-0.3, -0.25) is 4.79 Å². The summed E-state index contributed by atoms with van der Waals surface area (Å²) >= 11 is 0. The molecule has 2 fully saturated rings. The van der Waals surface area contributed by atoms with Gasteiger partial charge in [0.05, 0.1) is 5.41 Å². The van der Waals surface area contributed by atoms with Crippen LogP contribution in [0.15, 0.2) is 0 Å². The van der Waals surface area contributed by atoms with E-state index >= 15 is 0 Å². The number of carbonyl (C=O) groups is 1. The van der Waals surface area contributed by atoms with E-state index in [2.05, 4.69) is 0 Å². The van der Waals surface area contributed by atoms with Gasteiger partial charge in [-0.15, -0.1) is 0 Å². The molecule has 92 valence electrons. The molecule has 1 aliphatic carbocycles. The average molecular weight is 226 g/mol. The second kappa shape index (κ2) is 4.34. The van der Waals surface area contributed by atoms with Crippen LogP contribution in [0.5, 0.6) is 0 Å². The Balaban J connectivity index is 2.02. The lowest BCUT2D eigenvalue weighted by Gasteiger charge is -2.32. The van der Waals surface area contributed by atoms with Gasteiger partial charge in [0.15, 0.2) is 0 Å². The van der Waals surface area contributed by atoms with E-state index in [1.807, 2.05) is 11.8 Å². The molecular weight excluding hydrogens is 204 g/mol. The van der Waals surface area contributed by atoms with Crippen molar-refractivity contribution < 1.29 is 9.90 Å². The summed E-state index contributed by atoms with van der Waals surface area (Å²) in [4.78, 5) is 14.3. The Labute approximate surface area is 96.8 Å². The molecule has 0 spiro atoms. The van der Waals surface area contributed by atoms with Crippen molar-refractivity contribution in [2.24, 2.45) is 17.1 Å². The molecule has 1 saturated heterocycles. The van der Waals surface area contributed by atoms with E-state index in [0.29, 0.717) is 6.54 Å². The highest BCUT2D eigenvalue weighted by atomic mass is 16.3. The lowest BCUT2D eigenvalue weighted by Crippen LogP contribution is -2.48. The van der Waals surface area contributed by atoms with E-state index in [1.165, 1.54) is 0 Å². The van der Waals surface area contributed by atoms with Crippen LogP contribution in [0.25, 0.3) is 0 Å². The highest BCUT2D eigenvalue weighted by molar-refractivity contribution is 5.83. The van der Waals surface area contributed by atoms with Crippen LogP contribution in [-0.2, 0) is 4.79 Å². The van der Waals surface area contributed by atoms with E-state index in [4.69, 9.17) is 10.8 Å². The molecule has 2 aliphatic rings.